The van der Waals surface area contributed by atoms with Gasteiger partial charge in [0.25, 0.3) is 5.91 Å². The molecule has 0 aliphatic rings. The molecule has 2 N–H and O–H groups in total. The molecule has 0 spiro atoms. The first-order chi connectivity index (χ1) is 8.50. The van der Waals surface area contributed by atoms with E-state index in [-0.39, 0.29) is 17.2 Å². The second-order valence-corrected chi connectivity index (χ2v) is 4.77. The van der Waals surface area contributed by atoms with E-state index in [1.54, 1.807) is 19.1 Å². The Morgan fingerprint density at radius 3 is 2.78 bits per heavy atom. The minimum absolute atomic E-state index is 0.00896. The van der Waals surface area contributed by atoms with Crippen LogP contribution in [0.2, 0.25) is 0 Å². The normalized spacial score (nSPS) is 10.1. The van der Waals surface area contributed by atoms with Crippen molar-refractivity contribution in [1.82, 2.24) is 5.32 Å². The highest BCUT2D eigenvalue weighted by Crippen LogP contribution is 2.09. The van der Waals surface area contributed by atoms with Gasteiger partial charge in [0.1, 0.15) is 5.82 Å². The molecule has 0 fully saturated rings. The topological polar surface area (TPSA) is 66.4 Å². The van der Waals surface area contributed by atoms with Gasteiger partial charge >= 0.3 is 5.97 Å². The first-order valence-corrected chi connectivity index (χ1v) is 6.50. The molecule has 98 valence electrons. The molecule has 4 nitrogen and oxygen atoms in total. The van der Waals surface area contributed by atoms with Crippen molar-refractivity contribution >= 4 is 23.6 Å². The van der Waals surface area contributed by atoms with Crippen molar-refractivity contribution in [3.05, 3.63) is 35.1 Å². The Hall–Kier alpha value is -1.56. The van der Waals surface area contributed by atoms with E-state index in [0.29, 0.717) is 17.9 Å². The molecule has 1 aromatic carbocycles. The van der Waals surface area contributed by atoms with Gasteiger partial charge in [-0.1, -0.05) is 6.07 Å². The van der Waals surface area contributed by atoms with Gasteiger partial charge in [0, 0.05) is 17.9 Å². The minimum Gasteiger partial charge on any atom is -0.481 e. The van der Waals surface area contributed by atoms with Crippen molar-refractivity contribution in [3.8, 4) is 0 Å². The van der Waals surface area contributed by atoms with Crippen LogP contribution in [0, 0.1) is 12.7 Å². The molecular weight excluding hydrogens is 257 g/mol. The second kappa shape index (κ2) is 7.00. The Morgan fingerprint density at radius 2 is 2.17 bits per heavy atom. The number of carbonyl (C=O) groups excluding carboxylic acids is 1. The highest BCUT2D eigenvalue weighted by Gasteiger charge is 2.07. The van der Waals surface area contributed by atoms with E-state index in [9.17, 15) is 14.0 Å². The predicted octanol–water partition coefficient (Wildman–Crippen LogP) is 1.68. The predicted molar refractivity (Wildman–Crippen MR) is 68.4 cm³/mol. The zero-order valence-corrected chi connectivity index (χ0v) is 10.7. The van der Waals surface area contributed by atoms with Gasteiger partial charge in [0.05, 0.1) is 5.75 Å². The van der Waals surface area contributed by atoms with Crippen LogP contribution >= 0.6 is 11.8 Å². The number of thioether (sulfide) groups is 1. The van der Waals surface area contributed by atoms with Gasteiger partial charge in [-0.3, -0.25) is 9.59 Å². The summed E-state index contributed by atoms with van der Waals surface area (Å²) in [6.07, 6.45) is 0. The Kier molecular flexibility index (Phi) is 5.64. The van der Waals surface area contributed by atoms with E-state index < -0.39 is 11.8 Å². The number of nitrogens with one attached hydrogen (secondary N) is 1. The average Bonchev–Trinajstić information content (AvgIpc) is 2.31. The highest BCUT2D eigenvalue weighted by atomic mass is 32.2. The summed E-state index contributed by atoms with van der Waals surface area (Å²) in [6, 6.07) is 4.29. The molecule has 0 atom stereocenters. The van der Waals surface area contributed by atoms with Crippen molar-refractivity contribution in [2.45, 2.75) is 6.92 Å². The van der Waals surface area contributed by atoms with Crippen molar-refractivity contribution in [2.24, 2.45) is 0 Å². The van der Waals surface area contributed by atoms with Crippen LogP contribution in [0.3, 0.4) is 0 Å². The molecule has 0 radical (unpaired) electrons. The Morgan fingerprint density at radius 1 is 1.44 bits per heavy atom. The Bertz CT molecular complexity index is 451. The van der Waals surface area contributed by atoms with Crippen LogP contribution in [0.5, 0.6) is 0 Å². The molecule has 1 amide bonds. The number of carboxylic acids is 1. The Labute approximate surface area is 109 Å². The molecule has 1 rings (SSSR count). The summed E-state index contributed by atoms with van der Waals surface area (Å²) in [7, 11) is 0. The number of aliphatic carboxylic acids is 1. The molecule has 0 saturated heterocycles. The third kappa shape index (κ3) is 4.75. The van der Waals surface area contributed by atoms with Crippen LogP contribution in [0.15, 0.2) is 18.2 Å². The Balaban J connectivity index is 2.36. The summed E-state index contributed by atoms with van der Waals surface area (Å²) in [4.78, 5) is 21.8. The third-order valence-corrected chi connectivity index (χ3v) is 3.14. The van der Waals surface area contributed by atoms with Crippen LogP contribution in [-0.2, 0) is 4.79 Å². The molecule has 0 aromatic heterocycles. The van der Waals surface area contributed by atoms with Crippen molar-refractivity contribution < 1.29 is 19.1 Å². The summed E-state index contributed by atoms with van der Waals surface area (Å²) in [5.41, 5.74) is 0.755. The van der Waals surface area contributed by atoms with Gasteiger partial charge in [0.15, 0.2) is 0 Å². The molecule has 0 aliphatic heterocycles. The summed E-state index contributed by atoms with van der Waals surface area (Å²) >= 11 is 1.22. The summed E-state index contributed by atoms with van der Waals surface area (Å²) < 4.78 is 13.2. The van der Waals surface area contributed by atoms with Crippen molar-refractivity contribution in [3.63, 3.8) is 0 Å². The van der Waals surface area contributed by atoms with Crippen LogP contribution in [0.25, 0.3) is 0 Å². The lowest BCUT2D eigenvalue weighted by atomic mass is 10.1. The lowest BCUT2D eigenvalue weighted by Crippen LogP contribution is -2.26. The first kappa shape index (κ1) is 14.5. The van der Waals surface area contributed by atoms with E-state index in [2.05, 4.69) is 5.32 Å². The fraction of sp³-hybridized carbons (Fsp3) is 0.333. The summed E-state index contributed by atoms with van der Waals surface area (Å²) in [5, 5.41) is 11.0. The number of rotatable bonds is 6. The average molecular weight is 271 g/mol. The molecular formula is C12H14FNO3S. The molecule has 0 aliphatic carbocycles. The van der Waals surface area contributed by atoms with E-state index in [0.717, 1.165) is 0 Å². The van der Waals surface area contributed by atoms with E-state index >= 15 is 0 Å². The molecule has 6 heteroatoms. The van der Waals surface area contributed by atoms with Gasteiger partial charge < -0.3 is 10.4 Å². The van der Waals surface area contributed by atoms with Gasteiger partial charge in [-0.05, 0) is 24.6 Å². The van der Waals surface area contributed by atoms with Crippen LogP contribution < -0.4 is 5.32 Å². The van der Waals surface area contributed by atoms with Crippen LogP contribution in [0.1, 0.15) is 15.9 Å². The zero-order valence-electron chi connectivity index (χ0n) is 9.90. The minimum atomic E-state index is -0.882. The van der Waals surface area contributed by atoms with Crippen molar-refractivity contribution in [1.29, 1.82) is 0 Å². The lowest BCUT2D eigenvalue weighted by Gasteiger charge is -2.05. The largest absolute Gasteiger partial charge is 0.481 e. The van der Waals surface area contributed by atoms with E-state index in [4.69, 9.17) is 5.11 Å². The number of hydrogen-bond acceptors (Lipinski definition) is 3. The number of carbonyl (C=O) groups is 2. The number of carboxylic acid groups (broad SMARTS) is 1. The summed E-state index contributed by atoms with van der Waals surface area (Å²) in [5.74, 6) is -1.14. The zero-order chi connectivity index (χ0) is 13.5. The second-order valence-electron chi connectivity index (χ2n) is 3.67. The van der Waals surface area contributed by atoms with Crippen LogP contribution in [0.4, 0.5) is 4.39 Å². The first-order valence-electron chi connectivity index (χ1n) is 5.34. The molecule has 0 unspecified atom stereocenters. The number of aryl methyl sites for hydroxylation is 1. The van der Waals surface area contributed by atoms with E-state index in [1.165, 1.54) is 17.8 Å². The number of halogens is 1. The van der Waals surface area contributed by atoms with Crippen molar-refractivity contribution in [2.75, 3.05) is 18.1 Å². The maximum absolute atomic E-state index is 13.2. The molecule has 0 saturated carbocycles. The number of benzene rings is 1. The maximum atomic E-state index is 13.2. The van der Waals surface area contributed by atoms with Gasteiger partial charge in [-0.2, -0.15) is 0 Å². The SMILES string of the molecule is Cc1ccc(C(=O)NCCSCC(=O)O)cc1F. The standard InChI is InChI=1S/C12H14FNO3S/c1-8-2-3-9(6-10(8)13)12(17)14-4-5-18-7-11(15)16/h2-3,6H,4-5,7H2,1H3,(H,14,17)(H,15,16). The highest BCUT2D eigenvalue weighted by molar-refractivity contribution is 7.99. The summed E-state index contributed by atoms with van der Waals surface area (Å²) in [6.45, 7) is 1.98. The van der Waals surface area contributed by atoms with E-state index in [1.807, 2.05) is 0 Å². The fourth-order valence-electron chi connectivity index (χ4n) is 1.23. The number of hydrogen-bond donors (Lipinski definition) is 2. The lowest BCUT2D eigenvalue weighted by molar-refractivity contribution is -0.133. The van der Waals surface area contributed by atoms with Gasteiger partial charge in [-0.25, -0.2) is 4.39 Å². The quantitative estimate of drug-likeness (QED) is 0.773. The van der Waals surface area contributed by atoms with Gasteiger partial charge in [0.2, 0.25) is 0 Å². The van der Waals surface area contributed by atoms with Crippen LogP contribution in [-0.4, -0.2) is 35.0 Å². The monoisotopic (exact) mass is 271 g/mol. The molecule has 0 bridgehead atoms. The fourth-order valence-corrected chi connectivity index (χ4v) is 1.80. The molecule has 18 heavy (non-hydrogen) atoms. The smallest absolute Gasteiger partial charge is 0.313 e. The maximum Gasteiger partial charge on any atom is 0.313 e. The number of amides is 1. The molecule has 0 heterocycles. The third-order valence-electron chi connectivity index (χ3n) is 2.19. The molecule has 1 aromatic rings. The van der Waals surface area contributed by atoms with Gasteiger partial charge in [-0.15, -0.1) is 11.8 Å².